The van der Waals surface area contributed by atoms with Crippen LogP contribution < -0.4 is 15.6 Å². The Bertz CT molecular complexity index is 1080. The number of hydrogen-bond donors (Lipinski definition) is 1. The highest BCUT2D eigenvalue weighted by molar-refractivity contribution is 6.05. The van der Waals surface area contributed by atoms with E-state index in [2.05, 4.69) is 10.4 Å². The van der Waals surface area contributed by atoms with Gasteiger partial charge in [-0.05, 0) is 26.0 Å². The molecule has 144 valence electrons. The molecule has 1 aromatic heterocycles. The predicted molar refractivity (Wildman–Crippen MR) is 106 cm³/mol. The van der Waals surface area contributed by atoms with Crippen molar-refractivity contribution >= 4 is 17.2 Å². The highest BCUT2D eigenvalue weighted by Gasteiger charge is 2.23. The van der Waals surface area contributed by atoms with Crippen LogP contribution in [0.2, 0.25) is 0 Å². The van der Waals surface area contributed by atoms with E-state index >= 15 is 0 Å². The minimum atomic E-state index is -0.653. The highest BCUT2D eigenvalue weighted by atomic mass is 19.1. The number of ether oxygens (including phenoxy) is 1. The monoisotopic (exact) mass is 381 g/mol. The largest absolute Gasteiger partial charge is 0.494 e. The molecule has 0 atom stereocenters. The van der Waals surface area contributed by atoms with Gasteiger partial charge in [0.2, 0.25) is 0 Å². The van der Waals surface area contributed by atoms with Gasteiger partial charge in [0, 0.05) is 12.1 Å². The molecule has 0 saturated carbocycles. The second kappa shape index (κ2) is 8.04. The fourth-order valence-corrected chi connectivity index (χ4v) is 2.94. The first kappa shape index (κ1) is 19.3. The van der Waals surface area contributed by atoms with Crippen molar-refractivity contribution in [2.75, 3.05) is 12.4 Å². The zero-order valence-corrected chi connectivity index (χ0v) is 15.8. The summed E-state index contributed by atoms with van der Waals surface area (Å²) in [6.45, 7) is 3.42. The maximum Gasteiger partial charge on any atom is 0.291 e. The van der Waals surface area contributed by atoms with E-state index < -0.39 is 11.4 Å². The fourth-order valence-electron chi connectivity index (χ4n) is 2.94. The van der Waals surface area contributed by atoms with Gasteiger partial charge in [-0.3, -0.25) is 9.59 Å². The van der Waals surface area contributed by atoms with Crippen LogP contribution in [-0.4, -0.2) is 22.7 Å². The lowest BCUT2D eigenvalue weighted by atomic mass is 10.0. The van der Waals surface area contributed by atoms with Crippen LogP contribution in [0, 0.1) is 5.82 Å². The molecule has 0 fully saturated rings. The molecule has 0 amide bonds. The van der Waals surface area contributed by atoms with Crippen LogP contribution in [0.15, 0.2) is 53.3 Å². The number of carbonyl (C=O) groups excluding carboxylic acids is 1. The zero-order valence-electron chi connectivity index (χ0n) is 15.8. The van der Waals surface area contributed by atoms with Crippen LogP contribution in [0.25, 0.3) is 11.3 Å². The van der Waals surface area contributed by atoms with Crippen molar-refractivity contribution in [3.63, 3.8) is 0 Å². The number of nitrogens with zero attached hydrogens (tertiary/aromatic N) is 2. The van der Waals surface area contributed by atoms with E-state index in [1.807, 2.05) is 18.2 Å². The summed E-state index contributed by atoms with van der Waals surface area (Å²) in [5, 5.41) is 7.17. The molecule has 0 radical (unpaired) electrons. The molecule has 0 aliphatic carbocycles. The summed E-state index contributed by atoms with van der Waals surface area (Å²) in [6, 6.07) is 13.6. The van der Waals surface area contributed by atoms with Crippen molar-refractivity contribution in [3.05, 3.63) is 70.3 Å². The van der Waals surface area contributed by atoms with Crippen LogP contribution in [0.1, 0.15) is 24.2 Å². The number of hydrogen-bond acceptors (Lipinski definition) is 5. The zero-order chi connectivity index (χ0) is 20.3. The van der Waals surface area contributed by atoms with Gasteiger partial charge in [0.1, 0.15) is 11.4 Å². The average molecular weight is 381 g/mol. The fraction of sp³-hybridized carbons (Fsp3) is 0.190. The minimum Gasteiger partial charge on any atom is -0.494 e. The first-order valence-electron chi connectivity index (χ1n) is 8.78. The molecule has 7 heteroatoms. The van der Waals surface area contributed by atoms with Crippen LogP contribution in [0.5, 0.6) is 5.75 Å². The van der Waals surface area contributed by atoms with Gasteiger partial charge in [-0.1, -0.05) is 36.4 Å². The van der Waals surface area contributed by atoms with Gasteiger partial charge in [0.25, 0.3) is 5.56 Å². The molecular weight excluding hydrogens is 361 g/mol. The molecule has 3 rings (SSSR count). The Morgan fingerprint density at radius 1 is 1.18 bits per heavy atom. The topological polar surface area (TPSA) is 73.2 Å². The highest BCUT2D eigenvalue weighted by Crippen LogP contribution is 2.30. The van der Waals surface area contributed by atoms with E-state index in [4.69, 9.17) is 4.74 Å². The SMILES string of the molecule is CCn1nc(-c2ccccc2)c(C(C)=O)c(Nc2cccc(OC)c2F)c1=O. The molecule has 6 nitrogen and oxygen atoms in total. The molecule has 2 aromatic carbocycles. The molecule has 0 spiro atoms. The molecule has 0 saturated heterocycles. The number of anilines is 2. The van der Waals surface area contributed by atoms with Gasteiger partial charge in [0.15, 0.2) is 17.3 Å². The van der Waals surface area contributed by atoms with E-state index in [-0.39, 0.29) is 28.5 Å². The summed E-state index contributed by atoms with van der Waals surface area (Å²) >= 11 is 0. The van der Waals surface area contributed by atoms with Crippen molar-refractivity contribution in [2.45, 2.75) is 20.4 Å². The molecular formula is C21H20FN3O3. The Morgan fingerprint density at radius 2 is 1.89 bits per heavy atom. The molecule has 28 heavy (non-hydrogen) atoms. The summed E-state index contributed by atoms with van der Waals surface area (Å²) in [6.07, 6.45) is 0. The lowest BCUT2D eigenvalue weighted by Gasteiger charge is -2.17. The van der Waals surface area contributed by atoms with E-state index in [1.165, 1.54) is 30.8 Å². The van der Waals surface area contributed by atoms with Crippen molar-refractivity contribution in [1.29, 1.82) is 0 Å². The lowest BCUT2D eigenvalue weighted by Crippen LogP contribution is -2.28. The maximum absolute atomic E-state index is 14.6. The third kappa shape index (κ3) is 3.51. The number of Topliss-reactive ketones (excluding diaryl/α,β-unsaturated/α-hetero) is 1. The second-order valence-corrected chi connectivity index (χ2v) is 6.09. The minimum absolute atomic E-state index is 0.0182. The molecule has 0 bridgehead atoms. The number of aryl methyl sites for hydroxylation is 1. The smallest absolute Gasteiger partial charge is 0.291 e. The predicted octanol–water partition coefficient (Wildman–Crippen LogP) is 4.02. The van der Waals surface area contributed by atoms with Crippen molar-refractivity contribution in [3.8, 4) is 17.0 Å². The molecule has 0 aliphatic heterocycles. The Kier molecular flexibility index (Phi) is 5.54. The summed E-state index contributed by atoms with van der Waals surface area (Å²) in [7, 11) is 1.35. The number of ketones is 1. The summed E-state index contributed by atoms with van der Waals surface area (Å²) in [5.41, 5.74) is 0.671. The number of aromatic nitrogens is 2. The molecule has 0 aliphatic rings. The van der Waals surface area contributed by atoms with E-state index in [0.717, 1.165) is 0 Å². The van der Waals surface area contributed by atoms with E-state index in [1.54, 1.807) is 25.1 Å². The van der Waals surface area contributed by atoms with Gasteiger partial charge < -0.3 is 10.1 Å². The van der Waals surface area contributed by atoms with Gasteiger partial charge >= 0.3 is 0 Å². The number of carbonyl (C=O) groups is 1. The molecule has 1 N–H and O–H groups in total. The van der Waals surface area contributed by atoms with Gasteiger partial charge in [0.05, 0.1) is 18.4 Å². The number of methoxy groups -OCH3 is 1. The lowest BCUT2D eigenvalue weighted by molar-refractivity contribution is 0.101. The summed E-state index contributed by atoms with van der Waals surface area (Å²) in [5.74, 6) is -0.972. The van der Waals surface area contributed by atoms with E-state index in [9.17, 15) is 14.0 Å². The van der Waals surface area contributed by atoms with E-state index in [0.29, 0.717) is 17.8 Å². The van der Waals surface area contributed by atoms with Gasteiger partial charge in [-0.15, -0.1) is 0 Å². The Hall–Kier alpha value is -3.48. The molecule has 1 heterocycles. The number of nitrogens with one attached hydrogen (secondary N) is 1. The third-order valence-electron chi connectivity index (χ3n) is 4.30. The number of halogens is 1. The Labute approximate surface area is 161 Å². The number of rotatable bonds is 6. The quantitative estimate of drug-likeness (QED) is 0.653. The summed E-state index contributed by atoms with van der Waals surface area (Å²) < 4.78 is 20.9. The van der Waals surface area contributed by atoms with Crippen LogP contribution in [-0.2, 0) is 6.54 Å². The first-order valence-corrected chi connectivity index (χ1v) is 8.78. The first-order chi connectivity index (χ1) is 13.5. The normalized spacial score (nSPS) is 10.6. The van der Waals surface area contributed by atoms with Crippen LogP contribution in [0.3, 0.4) is 0 Å². The van der Waals surface area contributed by atoms with Crippen LogP contribution in [0.4, 0.5) is 15.8 Å². The maximum atomic E-state index is 14.6. The van der Waals surface area contributed by atoms with Crippen molar-refractivity contribution < 1.29 is 13.9 Å². The molecule has 0 unspecified atom stereocenters. The Morgan fingerprint density at radius 3 is 2.50 bits per heavy atom. The summed E-state index contributed by atoms with van der Waals surface area (Å²) in [4.78, 5) is 25.4. The number of benzene rings is 2. The van der Waals surface area contributed by atoms with Gasteiger partial charge in [-0.2, -0.15) is 5.10 Å². The average Bonchev–Trinajstić information content (AvgIpc) is 2.71. The standard InChI is InChI=1S/C21H20FN3O3/c1-4-25-21(27)20(23-15-11-8-12-16(28-3)18(15)22)17(13(2)26)19(24-25)14-9-6-5-7-10-14/h5-12,23H,4H2,1-3H3. The van der Waals surface area contributed by atoms with Crippen molar-refractivity contribution in [1.82, 2.24) is 9.78 Å². The Balaban J connectivity index is 2.28. The van der Waals surface area contributed by atoms with Crippen LogP contribution >= 0.6 is 0 Å². The third-order valence-corrected chi connectivity index (χ3v) is 4.30. The van der Waals surface area contributed by atoms with Crippen molar-refractivity contribution in [2.24, 2.45) is 0 Å². The van der Waals surface area contributed by atoms with Gasteiger partial charge in [-0.25, -0.2) is 9.07 Å². The molecule has 3 aromatic rings. The second-order valence-electron chi connectivity index (χ2n) is 6.09.